The molecule has 13 heavy (non-hydrogen) atoms. The number of hydrogen-bond donors (Lipinski definition) is 1. The number of benzene rings is 1. The van der Waals surface area contributed by atoms with E-state index in [-0.39, 0.29) is 12.0 Å². The summed E-state index contributed by atoms with van der Waals surface area (Å²) in [5, 5.41) is 8.93. The summed E-state index contributed by atoms with van der Waals surface area (Å²) in [4.78, 5) is 0. The highest BCUT2D eigenvalue weighted by Crippen LogP contribution is 2.56. The number of phenols is 1. The molecule has 0 amide bonds. The Labute approximate surface area is 72.8 Å². The Balaban J connectivity index is 2.38. The molecule has 0 aromatic heterocycles. The van der Waals surface area contributed by atoms with Crippen LogP contribution in [0.25, 0.3) is 0 Å². The molecule has 4 heteroatoms. The molecule has 70 valence electrons. The molecule has 1 aromatic carbocycles. The van der Waals surface area contributed by atoms with E-state index in [0.29, 0.717) is 0 Å². The maximum absolute atomic E-state index is 13.1. The number of hydrogen-bond acceptors (Lipinski definition) is 1. The van der Waals surface area contributed by atoms with Crippen molar-refractivity contribution in [2.24, 2.45) is 0 Å². The Hall–Kier alpha value is -1.19. The lowest BCUT2D eigenvalue weighted by molar-refractivity contribution is 0.111. The SMILES string of the molecule is Oc1cccc(C2CC2(F)F)c1F. The van der Waals surface area contributed by atoms with Crippen molar-refractivity contribution in [2.75, 3.05) is 0 Å². The summed E-state index contributed by atoms with van der Waals surface area (Å²) in [6, 6.07) is 3.78. The summed E-state index contributed by atoms with van der Waals surface area (Å²) >= 11 is 0. The monoisotopic (exact) mass is 188 g/mol. The van der Waals surface area contributed by atoms with E-state index in [1.807, 2.05) is 0 Å². The van der Waals surface area contributed by atoms with Gasteiger partial charge in [0.05, 0.1) is 5.92 Å². The zero-order chi connectivity index (χ0) is 9.64. The minimum atomic E-state index is -2.80. The lowest BCUT2D eigenvalue weighted by atomic mass is 10.1. The van der Waals surface area contributed by atoms with Gasteiger partial charge in [-0.3, -0.25) is 0 Å². The highest BCUT2D eigenvalue weighted by Gasteiger charge is 2.58. The summed E-state index contributed by atoms with van der Waals surface area (Å²) in [5.74, 6) is -5.35. The predicted octanol–water partition coefficient (Wildman–Crippen LogP) is 2.65. The van der Waals surface area contributed by atoms with Crippen LogP contribution in [0.2, 0.25) is 0 Å². The minimum Gasteiger partial charge on any atom is -0.505 e. The smallest absolute Gasteiger partial charge is 0.256 e. The first-order valence-corrected chi connectivity index (χ1v) is 3.87. The van der Waals surface area contributed by atoms with Crippen LogP contribution in [0.5, 0.6) is 5.75 Å². The third kappa shape index (κ3) is 1.26. The zero-order valence-corrected chi connectivity index (χ0v) is 6.60. The van der Waals surface area contributed by atoms with Crippen LogP contribution in [0.4, 0.5) is 13.2 Å². The molecule has 0 heterocycles. The van der Waals surface area contributed by atoms with Crippen molar-refractivity contribution in [3.8, 4) is 5.75 Å². The number of rotatable bonds is 1. The highest BCUT2D eigenvalue weighted by molar-refractivity contribution is 5.37. The average molecular weight is 188 g/mol. The lowest BCUT2D eigenvalue weighted by Gasteiger charge is -2.02. The van der Waals surface area contributed by atoms with Crippen LogP contribution < -0.4 is 0 Å². The summed E-state index contributed by atoms with van der Waals surface area (Å²) < 4.78 is 38.1. The second kappa shape index (κ2) is 2.40. The molecule has 1 atom stereocenters. The quantitative estimate of drug-likeness (QED) is 0.718. The van der Waals surface area contributed by atoms with Crippen LogP contribution in [0.1, 0.15) is 17.9 Å². The molecule has 1 aliphatic carbocycles. The van der Waals surface area contributed by atoms with Gasteiger partial charge in [-0.1, -0.05) is 12.1 Å². The first-order chi connectivity index (χ1) is 6.02. The molecular formula is C9H7F3O. The van der Waals surface area contributed by atoms with E-state index in [4.69, 9.17) is 5.11 Å². The molecule has 1 aromatic rings. The normalized spacial score (nSPS) is 24.4. The summed E-state index contributed by atoms with van der Waals surface area (Å²) in [5.41, 5.74) is -0.0926. The van der Waals surface area contributed by atoms with Crippen LogP contribution in [-0.4, -0.2) is 11.0 Å². The Morgan fingerprint density at radius 1 is 1.38 bits per heavy atom. The number of alkyl halides is 2. The van der Waals surface area contributed by atoms with E-state index in [2.05, 4.69) is 0 Å². The van der Waals surface area contributed by atoms with Gasteiger partial charge < -0.3 is 5.11 Å². The van der Waals surface area contributed by atoms with Crippen molar-refractivity contribution in [3.63, 3.8) is 0 Å². The molecular weight excluding hydrogens is 181 g/mol. The molecule has 1 nitrogen and oxygen atoms in total. The van der Waals surface area contributed by atoms with Crippen molar-refractivity contribution in [3.05, 3.63) is 29.6 Å². The zero-order valence-electron chi connectivity index (χ0n) is 6.60. The Morgan fingerprint density at radius 2 is 2.00 bits per heavy atom. The van der Waals surface area contributed by atoms with Gasteiger partial charge in [-0.15, -0.1) is 0 Å². The van der Waals surface area contributed by atoms with Crippen LogP contribution in [0, 0.1) is 5.82 Å². The fraction of sp³-hybridized carbons (Fsp3) is 0.333. The maximum atomic E-state index is 13.1. The minimum absolute atomic E-state index is 0.0926. The van der Waals surface area contributed by atoms with Gasteiger partial charge in [-0.2, -0.15) is 0 Å². The predicted molar refractivity (Wildman–Crippen MR) is 40.4 cm³/mol. The largest absolute Gasteiger partial charge is 0.505 e. The highest BCUT2D eigenvalue weighted by atomic mass is 19.3. The van der Waals surface area contributed by atoms with Gasteiger partial charge in [0.2, 0.25) is 0 Å². The number of aromatic hydroxyl groups is 1. The van der Waals surface area contributed by atoms with Gasteiger partial charge in [-0.25, -0.2) is 13.2 Å². The lowest BCUT2D eigenvalue weighted by Crippen LogP contribution is -1.95. The first-order valence-electron chi connectivity index (χ1n) is 3.87. The van der Waals surface area contributed by atoms with Crippen molar-refractivity contribution in [2.45, 2.75) is 18.3 Å². The summed E-state index contributed by atoms with van der Waals surface area (Å²) in [6.45, 7) is 0. The molecule has 0 bridgehead atoms. The van der Waals surface area contributed by atoms with Gasteiger partial charge in [0.15, 0.2) is 11.6 Å². The molecule has 0 saturated heterocycles. The van der Waals surface area contributed by atoms with E-state index >= 15 is 0 Å². The van der Waals surface area contributed by atoms with Gasteiger partial charge in [0.1, 0.15) is 0 Å². The van der Waals surface area contributed by atoms with Gasteiger partial charge in [-0.05, 0) is 6.07 Å². The van der Waals surface area contributed by atoms with Crippen LogP contribution in [-0.2, 0) is 0 Å². The van der Waals surface area contributed by atoms with Gasteiger partial charge >= 0.3 is 0 Å². The molecule has 0 radical (unpaired) electrons. The number of phenolic OH excluding ortho intramolecular Hbond substituents is 1. The molecule has 1 N–H and O–H groups in total. The Morgan fingerprint density at radius 3 is 2.54 bits per heavy atom. The molecule has 0 spiro atoms. The Bertz CT molecular complexity index is 349. The topological polar surface area (TPSA) is 20.2 Å². The maximum Gasteiger partial charge on any atom is 0.256 e. The molecule has 1 unspecified atom stereocenters. The van der Waals surface area contributed by atoms with Crippen molar-refractivity contribution >= 4 is 0 Å². The molecule has 1 saturated carbocycles. The van der Waals surface area contributed by atoms with Crippen LogP contribution >= 0.6 is 0 Å². The summed E-state index contributed by atoms with van der Waals surface area (Å²) in [7, 11) is 0. The van der Waals surface area contributed by atoms with Crippen LogP contribution in [0.3, 0.4) is 0 Å². The Kier molecular flexibility index (Phi) is 1.55. The third-order valence-electron chi connectivity index (χ3n) is 2.21. The van der Waals surface area contributed by atoms with Gasteiger partial charge in [0, 0.05) is 12.0 Å². The van der Waals surface area contributed by atoms with E-state index in [1.165, 1.54) is 12.1 Å². The molecule has 1 fully saturated rings. The van der Waals surface area contributed by atoms with Crippen molar-refractivity contribution in [1.82, 2.24) is 0 Å². The van der Waals surface area contributed by atoms with E-state index in [0.717, 1.165) is 6.07 Å². The first kappa shape index (κ1) is 8.41. The fourth-order valence-electron chi connectivity index (χ4n) is 1.36. The van der Waals surface area contributed by atoms with Crippen molar-refractivity contribution in [1.29, 1.82) is 0 Å². The van der Waals surface area contributed by atoms with E-state index in [9.17, 15) is 13.2 Å². The average Bonchev–Trinajstić information content (AvgIpc) is 2.66. The fourth-order valence-corrected chi connectivity index (χ4v) is 1.36. The van der Waals surface area contributed by atoms with E-state index in [1.54, 1.807) is 0 Å². The van der Waals surface area contributed by atoms with Crippen molar-refractivity contribution < 1.29 is 18.3 Å². The van der Waals surface area contributed by atoms with Gasteiger partial charge in [0.25, 0.3) is 5.92 Å². The molecule has 0 aliphatic heterocycles. The standard InChI is InChI=1S/C9H7F3O/c10-8-5(2-1-3-7(8)13)6-4-9(6,11)12/h1-3,6,13H,4H2. The third-order valence-corrected chi connectivity index (χ3v) is 2.21. The molecule has 1 aliphatic rings. The second-order valence-corrected chi connectivity index (χ2v) is 3.20. The van der Waals surface area contributed by atoms with Crippen LogP contribution in [0.15, 0.2) is 18.2 Å². The second-order valence-electron chi connectivity index (χ2n) is 3.20. The molecule has 2 rings (SSSR count). The summed E-state index contributed by atoms with van der Waals surface area (Å²) in [6.07, 6.45) is -0.326. The van der Waals surface area contributed by atoms with E-state index < -0.39 is 23.4 Å². The number of halogens is 3.